The molecule has 1 heterocycles. The summed E-state index contributed by atoms with van der Waals surface area (Å²) in [4.78, 5) is 29.5. The molecule has 10 heteroatoms. The van der Waals surface area contributed by atoms with Crippen molar-refractivity contribution >= 4 is 28.5 Å². The molecule has 204 valence electrons. The second kappa shape index (κ2) is 11.4. The van der Waals surface area contributed by atoms with Gasteiger partial charge in [0.2, 0.25) is 11.8 Å². The van der Waals surface area contributed by atoms with Crippen molar-refractivity contribution < 1.29 is 24.2 Å². The fourth-order valence-corrected chi connectivity index (χ4v) is 4.21. The van der Waals surface area contributed by atoms with Gasteiger partial charge in [-0.15, -0.1) is 5.10 Å². The number of methoxy groups -OCH3 is 2. The van der Waals surface area contributed by atoms with Crippen LogP contribution in [0, 0.1) is 0 Å². The van der Waals surface area contributed by atoms with Crippen LogP contribution in [0.15, 0.2) is 66.7 Å². The van der Waals surface area contributed by atoms with Crippen LogP contribution in [0.3, 0.4) is 0 Å². The van der Waals surface area contributed by atoms with Crippen molar-refractivity contribution in [2.45, 2.75) is 45.3 Å². The highest BCUT2D eigenvalue weighted by atomic mass is 16.5. The van der Waals surface area contributed by atoms with Gasteiger partial charge in [-0.3, -0.25) is 14.5 Å². The standard InChI is InChI=1S/C29H33N5O5/c1-6-29(2,3)30-28(37)27(19-11-14-21(35)15-12-19)34(20-13-16-24(38-4)25(17-20)39-5)26(36)18-33-23-10-8-7-9-22(23)31-32-33/h7-17,27,35H,6,18H2,1-5H3,(H,30,37)/t27-/m1/s1. The molecule has 0 fully saturated rings. The van der Waals surface area contributed by atoms with Gasteiger partial charge in [-0.05, 0) is 62.2 Å². The topological polar surface area (TPSA) is 119 Å². The van der Waals surface area contributed by atoms with Crippen LogP contribution in [0.1, 0.15) is 38.8 Å². The fraction of sp³-hybridized carbons (Fsp3) is 0.310. The molecular formula is C29H33N5O5. The number of nitrogens with zero attached hydrogens (tertiary/aromatic N) is 4. The fourth-order valence-electron chi connectivity index (χ4n) is 4.21. The Kier molecular flexibility index (Phi) is 8.04. The van der Waals surface area contributed by atoms with Crippen molar-refractivity contribution in [3.05, 3.63) is 72.3 Å². The van der Waals surface area contributed by atoms with Gasteiger partial charge in [0.15, 0.2) is 11.5 Å². The van der Waals surface area contributed by atoms with Crippen LogP contribution in [-0.4, -0.2) is 51.7 Å². The molecule has 0 aliphatic rings. The molecule has 2 N–H and O–H groups in total. The minimum Gasteiger partial charge on any atom is -0.508 e. The van der Waals surface area contributed by atoms with Gasteiger partial charge in [0.05, 0.1) is 19.7 Å². The molecular weight excluding hydrogens is 498 g/mol. The van der Waals surface area contributed by atoms with Crippen LogP contribution in [0.2, 0.25) is 0 Å². The second-order valence-corrected chi connectivity index (χ2v) is 9.76. The van der Waals surface area contributed by atoms with E-state index in [1.54, 1.807) is 30.3 Å². The number of carbonyl (C=O) groups is 2. The molecule has 4 aromatic rings. The summed E-state index contributed by atoms with van der Waals surface area (Å²) in [7, 11) is 3.03. The number of anilines is 1. The van der Waals surface area contributed by atoms with E-state index in [1.165, 1.54) is 35.9 Å². The number of ether oxygens (including phenoxy) is 2. The van der Waals surface area contributed by atoms with E-state index >= 15 is 0 Å². The van der Waals surface area contributed by atoms with E-state index in [4.69, 9.17) is 9.47 Å². The van der Waals surface area contributed by atoms with Crippen molar-refractivity contribution in [1.29, 1.82) is 0 Å². The predicted octanol–water partition coefficient (Wildman–Crippen LogP) is 4.23. The molecule has 3 aromatic carbocycles. The predicted molar refractivity (Wildman–Crippen MR) is 148 cm³/mol. The number of rotatable bonds is 10. The highest BCUT2D eigenvalue weighted by Crippen LogP contribution is 2.36. The summed E-state index contributed by atoms with van der Waals surface area (Å²) in [6.07, 6.45) is 0.677. The maximum atomic E-state index is 14.2. The Hall–Kier alpha value is -4.60. The molecule has 0 bridgehead atoms. The Balaban J connectivity index is 1.86. The van der Waals surface area contributed by atoms with Crippen LogP contribution >= 0.6 is 0 Å². The first-order valence-electron chi connectivity index (χ1n) is 12.6. The van der Waals surface area contributed by atoms with Gasteiger partial charge in [0.1, 0.15) is 23.9 Å². The molecule has 2 amide bonds. The monoisotopic (exact) mass is 531 g/mol. The average Bonchev–Trinajstić information content (AvgIpc) is 3.34. The molecule has 1 aromatic heterocycles. The Morgan fingerprint density at radius 1 is 1.03 bits per heavy atom. The van der Waals surface area contributed by atoms with Gasteiger partial charge in [0, 0.05) is 17.3 Å². The number of hydrogen-bond donors (Lipinski definition) is 2. The lowest BCUT2D eigenvalue weighted by atomic mass is 9.98. The lowest BCUT2D eigenvalue weighted by Crippen LogP contribution is -2.51. The normalized spacial score (nSPS) is 12.1. The van der Waals surface area contributed by atoms with Crippen molar-refractivity contribution in [2.24, 2.45) is 0 Å². The van der Waals surface area contributed by atoms with Gasteiger partial charge in [-0.1, -0.05) is 36.4 Å². The third kappa shape index (κ3) is 5.95. The summed E-state index contributed by atoms with van der Waals surface area (Å²) in [6.45, 7) is 5.64. The number of phenols is 1. The molecule has 0 saturated carbocycles. The molecule has 10 nitrogen and oxygen atoms in total. The Labute approximate surface area is 227 Å². The number of hydrogen-bond acceptors (Lipinski definition) is 7. The quantitative estimate of drug-likeness (QED) is 0.314. The van der Waals surface area contributed by atoms with E-state index in [2.05, 4.69) is 15.6 Å². The van der Waals surface area contributed by atoms with Gasteiger partial charge < -0.3 is 19.9 Å². The Morgan fingerprint density at radius 2 is 1.72 bits per heavy atom. The lowest BCUT2D eigenvalue weighted by molar-refractivity contribution is -0.128. The first-order valence-corrected chi connectivity index (χ1v) is 12.6. The van der Waals surface area contributed by atoms with E-state index < -0.39 is 17.5 Å². The number of phenolic OH excluding ortho intramolecular Hbond substituents is 1. The maximum absolute atomic E-state index is 14.2. The largest absolute Gasteiger partial charge is 0.508 e. The highest BCUT2D eigenvalue weighted by molar-refractivity contribution is 6.02. The van der Waals surface area contributed by atoms with Gasteiger partial charge in [-0.25, -0.2) is 4.68 Å². The number of amides is 2. The van der Waals surface area contributed by atoms with Crippen LogP contribution in [0.4, 0.5) is 5.69 Å². The summed E-state index contributed by atoms with van der Waals surface area (Å²) < 4.78 is 12.4. The molecule has 0 aliphatic heterocycles. The lowest BCUT2D eigenvalue weighted by Gasteiger charge is -2.35. The molecule has 0 unspecified atom stereocenters. The van der Waals surface area contributed by atoms with Crippen LogP contribution in [-0.2, 0) is 16.1 Å². The second-order valence-electron chi connectivity index (χ2n) is 9.76. The number of fused-ring (bicyclic) bond motifs is 1. The van der Waals surface area contributed by atoms with E-state index in [9.17, 15) is 14.7 Å². The van der Waals surface area contributed by atoms with Gasteiger partial charge in [-0.2, -0.15) is 0 Å². The van der Waals surface area contributed by atoms with Gasteiger partial charge >= 0.3 is 0 Å². The highest BCUT2D eigenvalue weighted by Gasteiger charge is 2.35. The molecule has 0 spiro atoms. The Morgan fingerprint density at radius 3 is 2.38 bits per heavy atom. The minimum absolute atomic E-state index is 0.0462. The zero-order valence-electron chi connectivity index (χ0n) is 22.7. The first kappa shape index (κ1) is 27.4. The van der Waals surface area contributed by atoms with Crippen LogP contribution in [0.5, 0.6) is 17.2 Å². The zero-order chi connectivity index (χ0) is 28.2. The zero-order valence-corrected chi connectivity index (χ0v) is 22.7. The summed E-state index contributed by atoms with van der Waals surface area (Å²) >= 11 is 0. The van der Waals surface area contributed by atoms with Gasteiger partial charge in [0.25, 0.3) is 0 Å². The van der Waals surface area contributed by atoms with E-state index in [0.717, 1.165) is 0 Å². The summed E-state index contributed by atoms with van der Waals surface area (Å²) in [5.41, 5.74) is 1.76. The molecule has 4 rings (SSSR count). The van der Waals surface area contributed by atoms with E-state index in [-0.39, 0.29) is 18.2 Å². The third-order valence-electron chi connectivity index (χ3n) is 6.68. The first-order chi connectivity index (χ1) is 18.7. The minimum atomic E-state index is -1.07. The number of aromatic hydroxyl groups is 1. The molecule has 0 radical (unpaired) electrons. The van der Waals surface area contributed by atoms with Crippen molar-refractivity contribution in [1.82, 2.24) is 20.3 Å². The smallest absolute Gasteiger partial charge is 0.249 e. The average molecular weight is 532 g/mol. The number of carbonyl (C=O) groups excluding carboxylic acids is 2. The molecule has 0 saturated heterocycles. The molecule has 39 heavy (non-hydrogen) atoms. The molecule has 1 atom stereocenters. The van der Waals surface area contributed by atoms with Crippen LogP contribution in [0.25, 0.3) is 11.0 Å². The Bertz CT molecular complexity index is 1460. The summed E-state index contributed by atoms with van der Waals surface area (Å²) in [6, 6.07) is 17.5. The third-order valence-corrected chi connectivity index (χ3v) is 6.68. The van der Waals surface area contributed by atoms with Crippen molar-refractivity contribution in [3.8, 4) is 17.2 Å². The molecule has 0 aliphatic carbocycles. The number of aromatic nitrogens is 3. The SMILES string of the molecule is CCC(C)(C)NC(=O)[C@@H](c1ccc(O)cc1)N(C(=O)Cn1nnc2ccccc21)c1ccc(OC)c(OC)c1. The maximum Gasteiger partial charge on any atom is 0.249 e. The summed E-state index contributed by atoms with van der Waals surface area (Å²) in [5, 5.41) is 21.3. The summed E-state index contributed by atoms with van der Waals surface area (Å²) in [5.74, 6) is 0.149. The number of benzene rings is 3. The van der Waals surface area contributed by atoms with Crippen molar-refractivity contribution in [2.75, 3.05) is 19.1 Å². The number of para-hydroxylation sites is 1. The van der Waals surface area contributed by atoms with E-state index in [1.807, 2.05) is 45.0 Å². The van der Waals surface area contributed by atoms with Crippen LogP contribution < -0.4 is 19.7 Å². The van der Waals surface area contributed by atoms with Crippen molar-refractivity contribution in [3.63, 3.8) is 0 Å². The van der Waals surface area contributed by atoms with E-state index in [0.29, 0.717) is 40.2 Å². The number of nitrogens with one attached hydrogen (secondary N) is 1.